The third-order valence-electron chi connectivity index (χ3n) is 3.03. The van der Waals surface area contributed by atoms with Crippen LogP contribution in [0.15, 0.2) is 12.2 Å². The smallest absolute Gasteiger partial charge is 0.328 e. The molecule has 5 heteroatoms. The predicted molar refractivity (Wildman–Crippen MR) is 57.8 cm³/mol. The summed E-state index contributed by atoms with van der Waals surface area (Å²) in [5.74, 6) is -1.40. The van der Waals surface area contributed by atoms with E-state index in [0.717, 1.165) is 25.0 Å². The van der Waals surface area contributed by atoms with Crippen molar-refractivity contribution in [3.63, 3.8) is 0 Å². The van der Waals surface area contributed by atoms with E-state index in [1.807, 2.05) is 6.92 Å². The summed E-state index contributed by atoms with van der Waals surface area (Å²) in [5.41, 5.74) is -0.104. The van der Waals surface area contributed by atoms with Crippen molar-refractivity contribution < 1.29 is 19.8 Å². The van der Waals surface area contributed by atoms with Gasteiger partial charge in [-0.25, -0.2) is 4.79 Å². The maximum absolute atomic E-state index is 11.5. The Morgan fingerprint density at radius 3 is 2.31 bits per heavy atom. The van der Waals surface area contributed by atoms with Crippen LogP contribution in [0.2, 0.25) is 0 Å². The molecule has 0 aromatic rings. The Kier molecular flexibility index (Phi) is 4.06. The third-order valence-corrected chi connectivity index (χ3v) is 3.03. The van der Waals surface area contributed by atoms with E-state index in [-0.39, 0.29) is 17.9 Å². The summed E-state index contributed by atoms with van der Waals surface area (Å²) in [6, 6.07) is 0. The van der Waals surface area contributed by atoms with Gasteiger partial charge in [-0.1, -0.05) is 6.92 Å². The van der Waals surface area contributed by atoms with E-state index in [2.05, 4.69) is 0 Å². The second kappa shape index (κ2) is 5.12. The van der Waals surface area contributed by atoms with E-state index in [1.165, 1.54) is 0 Å². The van der Waals surface area contributed by atoms with Crippen LogP contribution in [0.5, 0.6) is 0 Å². The van der Waals surface area contributed by atoms with Crippen molar-refractivity contribution in [1.82, 2.24) is 4.90 Å². The van der Waals surface area contributed by atoms with Gasteiger partial charge in [-0.2, -0.15) is 0 Å². The van der Waals surface area contributed by atoms with E-state index in [0.29, 0.717) is 13.1 Å². The molecule has 0 bridgehead atoms. The van der Waals surface area contributed by atoms with Crippen molar-refractivity contribution in [2.75, 3.05) is 19.7 Å². The first-order chi connectivity index (χ1) is 7.47. The highest BCUT2D eigenvalue weighted by Gasteiger charge is 2.30. The minimum atomic E-state index is -1.12. The lowest BCUT2D eigenvalue weighted by Crippen LogP contribution is -2.42. The number of carboxylic acid groups (broad SMARTS) is 1. The van der Waals surface area contributed by atoms with Crippen LogP contribution in [0.1, 0.15) is 19.8 Å². The molecular weight excluding hydrogens is 210 g/mol. The van der Waals surface area contributed by atoms with Crippen molar-refractivity contribution in [2.45, 2.75) is 19.8 Å². The molecule has 1 saturated heterocycles. The summed E-state index contributed by atoms with van der Waals surface area (Å²) < 4.78 is 0. The normalized spacial score (nSPS) is 20.0. The number of aliphatic carboxylic acids is 1. The lowest BCUT2D eigenvalue weighted by Gasteiger charge is -2.37. The first-order valence-electron chi connectivity index (χ1n) is 5.28. The Balaban J connectivity index is 2.48. The van der Waals surface area contributed by atoms with Gasteiger partial charge in [0.05, 0.1) is 0 Å². The second-order valence-corrected chi connectivity index (χ2v) is 4.47. The Hall–Kier alpha value is -1.36. The number of carbonyl (C=O) groups excluding carboxylic acids is 1. The van der Waals surface area contributed by atoms with Crippen molar-refractivity contribution in [3.8, 4) is 0 Å². The quantitative estimate of drug-likeness (QED) is 0.677. The Bertz CT molecular complexity index is 303. The van der Waals surface area contributed by atoms with Gasteiger partial charge >= 0.3 is 5.97 Å². The minimum Gasteiger partial charge on any atom is -0.478 e. The largest absolute Gasteiger partial charge is 0.478 e. The number of nitrogens with zero attached hydrogens (tertiary/aromatic N) is 1. The number of carboxylic acids is 1. The standard InChI is InChI=1S/C11H17NO4/c1-11(8-13)4-6-12(7-5-11)9(14)2-3-10(15)16/h2-3,13H,4-8H2,1H3,(H,15,16)/b3-2+. The number of hydrogen-bond donors (Lipinski definition) is 2. The lowest BCUT2D eigenvalue weighted by atomic mass is 9.81. The molecule has 0 atom stereocenters. The van der Waals surface area contributed by atoms with Crippen LogP contribution < -0.4 is 0 Å². The molecule has 0 unspecified atom stereocenters. The Labute approximate surface area is 94.4 Å². The fourth-order valence-electron chi connectivity index (χ4n) is 1.67. The zero-order chi connectivity index (χ0) is 12.2. The molecule has 5 nitrogen and oxygen atoms in total. The highest BCUT2D eigenvalue weighted by Crippen LogP contribution is 2.29. The number of likely N-dealkylation sites (tertiary alicyclic amines) is 1. The average molecular weight is 227 g/mol. The summed E-state index contributed by atoms with van der Waals surface area (Å²) in [4.78, 5) is 23.4. The van der Waals surface area contributed by atoms with Gasteiger partial charge < -0.3 is 15.1 Å². The second-order valence-electron chi connectivity index (χ2n) is 4.47. The maximum Gasteiger partial charge on any atom is 0.328 e. The molecule has 1 aliphatic rings. The monoisotopic (exact) mass is 227 g/mol. The number of amides is 1. The van der Waals surface area contributed by atoms with Gasteiger partial charge in [-0.05, 0) is 18.3 Å². The number of rotatable bonds is 3. The minimum absolute atomic E-state index is 0.104. The van der Waals surface area contributed by atoms with Crippen molar-refractivity contribution in [1.29, 1.82) is 0 Å². The van der Waals surface area contributed by atoms with Gasteiger partial charge in [-0.15, -0.1) is 0 Å². The first kappa shape index (κ1) is 12.7. The van der Waals surface area contributed by atoms with Crippen molar-refractivity contribution in [3.05, 3.63) is 12.2 Å². The Morgan fingerprint density at radius 1 is 1.31 bits per heavy atom. The molecule has 90 valence electrons. The number of aliphatic hydroxyl groups excluding tert-OH is 1. The van der Waals surface area contributed by atoms with Crippen LogP contribution in [0.25, 0.3) is 0 Å². The van der Waals surface area contributed by atoms with Gasteiger partial charge in [0.25, 0.3) is 0 Å². The molecule has 0 saturated carbocycles. The summed E-state index contributed by atoms with van der Waals surface area (Å²) in [7, 11) is 0. The zero-order valence-electron chi connectivity index (χ0n) is 9.35. The molecule has 0 aliphatic carbocycles. The maximum atomic E-state index is 11.5. The molecule has 1 fully saturated rings. The highest BCUT2D eigenvalue weighted by molar-refractivity contribution is 5.93. The number of piperidine rings is 1. The van der Waals surface area contributed by atoms with E-state index in [4.69, 9.17) is 10.2 Å². The van der Waals surface area contributed by atoms with Gasteiger partial charge in [0, 0.05) is 31.8 Å². The average Bonchev–Trinajstić information content (AvgIpc) is 2.27. The number of aliphatic hydroxyl groups is 1. The molecule has 1 amide bonds. The van der Waals surface area contributed by atoms with E-state index in [1.54, 1.807) is 4.90 Å². The van der Waals surface area contributed by atoms with Gasteiger partial charge in [-0.3, -0.25) is 4.79 Å². The van der Waals surface area contributed by atoms with Gasteiger partial charge in [0.1, 0.15) is 0 Å². The van der Waals surface area contributed by atoms with Gasteiger partial charge in [0.15, 0.2) is 0 Å². The van der Waals surface area contributed by atoms with Crippen molar-refractivity contribution >= 4 is 11.9 Å². The molecule has 0 aromatic carbocycles. The molecule has 2 N–H and O–H groups in total. The molecule has 16 heavy (non-hydrogen) atoms. The summed E-state index contributed by atoms with van der Waals surface area (Å²) in [6.45, 7) is 3.25. The molecular formula is C11H17NO4. The zero-order valence-corrected chi connectivity index (χ0v) is 9.35. The van der Waals surface area contributed by atoms with Crippen LogP contribution in [0.3, 0.4) is 0 Å². The molecule has 0 spiro atoms. The number of carbonyl (C=O) groups is 2. The van der Waals surface area contributed by atoms with E-state index >= 15 is 0 Å². The molecule has 0 radical (unpaired) electrons. The SMILES string of the molecule is CC1(CO)CCN(C(=O)/C=C/C(=O)O)CC1. The van der Waals surface area contributed by atoms with Gasteiger partial charge in [0.2, 0.25) is 5.91 Å². The van der Waals surface area contributed by atoms with Crippen molar-refractivity contribution in [2.24, 2.45) is 5.41 Å². The fourth-order valence-corrected chi connectivity index (χ4v) is 1.67. The van der Waals surface area contributed by atoms with E-state index < -0.39 is 5.97 Å². The van der Waals surface area contributed by atoms with E-state index in [9.17, 15) is 9.59 Å². The van der Waals surface area contributed by atoms with Crippen LogP contribution >= 0.6 is 0 Å². The molecule has 1 heterocycles. The van der Waals surface area contributed by atoms with Crippen LogP contribution in [-0.2, 0) is 9.59 Å². The fraction of sp³-hybridized carbons (Fsp3) is 0.636. The summed E-state index contributed by atoms with van der Waals surface area (Å²) in [5, 5.41) is 17.5. The van der Waals surface area contributed by atoms with Crippen LogP contribution in [0, 0.1) is 5.41 Å². The number of hydrogen-bond acceptors (Lipinski definition) is 3. The molecule has 1 aliphatic heterocycles. The highest BCUT2D eigenvalue weighted by atomic mass is 16.4. The Morgan fingerprint density at radius 2 is 1.88 bits per heavy atom. The van der Waals surface area contributed by atoms with Crippen LogP contribution in [-0.4, -0.2) is 46.7 Å². The predicted octanol–water partition coefficient (Wildman–Crippen LogP) is 0.248. The third kappa shape index (κ3) is 3.34. The molecule has 0 aromatic heterocycles. The first-order valence-corrected chi connectivity index (χ1v) is 5.28. The summed E-state index contributed by atoms with van der Waals surface area (Å²) >= 11 is 0. The van der Waals surface area contributed by atoms with Crippen LogP contribution in [0.4, 0.5) is 0 Å². The summed E-state index contributed by atoms with van der Waals surface area (Å²) in [6.07, 6.45) is 3.42. The lowest BCUT2D eigenvalue weighted by molar-refractivity contribution is -0.132. The molecule has 1 rings (SSSR count). The topological polar surface area (TPSA) is 77.8 Å².